The molecule has 0 amide bonds. The van der Waals surface area contributed by atoms with E-state index in [0.717, 1.165) is 12.1 Å². The summed E-state index contributed by atoms with van der Waals surface area (Å²) in [4.78, 5) is 6.68. The zero-order valence-corrected chi connectivity index (χ0v) is 20.3. The van der Waals surface area contributed by atoms with Crippen LogP contribution in [-0.2, 0) is 0 Å². The van der Waals surface area contributed by atoms with E-state index in [1.54, 1.807) is 12.1 Å². The molecule has 3 aromatic rings. The van der Waals surface area contributed by atoms with Gasteiger partial charge in [0.2, 0.25) is 5.13 Å². The molecule has 1 aromatic heterocycles. The number of nitrogens with zero attached hydrogens (tertiary/aromatic N) is 3. The van der Waals surface area contributed by atoms with Gasteiger partial charge in [-0.1, -0.05) is 38.1 Å². The molecule has 33 heavy (non-hydrogen) atoms. The number of rotatable bonds is 5. The van der Waals surface area contributed by atoms with Crippen molar-refractivity contribution in [3.05, 3.63) is 70.9 Å². The molecule has 1 heterocycles. The van der Waals surface area contributed by atoms with Crippen LogP contribution in [0.2, 0.25) is 0 Å². The quantitative estimate of drug-likeness (QED) is 0.420. The van der Waals surface area contributed by atoms with Gasteiger partial charge in [-0.05, 0) is 65.7 Å². The van der Waals surface area contributed by atoms with Crippen LogP contribution >= 0.6 is 11.3 Å². The third kappa shape index (κ3) is 4.08. The first-order valence-electron chi connectivity index (χ1n) is 11.4. The van der Waals surface area contributed by atoms with E-state index < -0.39 is 0 Å². The summed E-state index contributed by atoms with van der Waals surface area (Å²) in [5.74, 6) is 0.865. The molecular weight excluding hydrogens is 431 g/mol. The molecule has 3 aliphatic rings. The number of nitrogens with one attached hydrogen (secondary N) is 1. The Labute approximate surface area is 198 Å². The molecule has 2 aromatic carbocycles. The van der Waals surface area contributed by atoms with Gasteiger partial charge in [0.15, 0.2) is 0 Å². The lowest BCUT2D eigenvalue weighted by Crippen LogP contribution is -2.53. The summed E-state index contributed by atoms with van der Waals surface area (Å²) in [5.41, 5.74) is 9.39. The third-order valence-electron chi connectivity index (χ3n) is 7.27. The van der Waals surface area contributed by atoms with Gasteiger partial charge in [-0.15, -0.1) is 11.3 Å². The highest BCUT2D eigenvalue weighted by Crippen LogP contribution is 2.59. The number of hydrogen-bond donors (Lipinski definition) is 1. The average Bonchev–Trinajstić information content (AvgIpc) is 3.27. The number of anilines is 2. The molecule has 3 fully saturated rings. The normalized spacial score (nSPS) is 23.4. The average molecular weight is 461 g/mol. The van der Waals surface area contributed by atoms with Crippen LogP contribution in [0.3, 0.4) is 0 Å². The summed E-state index contributed by atoms with van der Waals surface area (Å²) in [7, 11) is 4.10. The van der Waals surface area contributed by atoms with Crippen LogP contribution in [0.25, 0.3) is 17.3 Å². The van der Waals surface area contributed by atoms with Crippen molar-refractivity contribution in [1.29, 1.82) is 0 Å². The van der Waals surface area contributed by atoms with Crippen LogP contribution in [0.5, 0.6) is 0 Å². The zero-order valence-electron chi connectivity index (χ0n) is 19.5. The molecule has 0 spiro atoms. The highest BCUT2D eigenvalue weighted by atomic mass is 32.1. The lowest BCUT2D eigenvalue weighted by atomic mass is 9.47. The van der Waals surface area contributed by atoms with Crippen molar-refractivity contribution in [1.82, 2.24) is 4.98 Å². The van der Waals surface area contributed by atoms with E-state index in [-0.39, 0.29) is 11.2 Å². The van der Waals surface area contributed by atoms with Crippen molar-refractivity contribution in [3.63, 3.8) is 0 Å². The Balaban J connectivity index is 1.42. The van der Waals surface area contributed by atoms with Crippen molar-refractivity contribution in [3.8, 4) is 11.3 Å². The van der Waals surface area contributed by atoms with Crippen molar-refractivity contribution < 1.29 is 4.39 Å². The monoisotopic (exact) mass is 460 g/mol. The van der Waals surface area contributed by atoms with Gasteiger partial charge < -0.3 is 4.90 Å². The molecule has 2 bridgehead atoms. The van der Waals surface area contributed by atoms with Crippen molar-refractivity contribution >= 4 is 33.9 Å². The van der Waals surface area contributed by atoms with Crippen LogP contribution < -0.4 is 10.3 Å². The Morgan fingerprint density at radius 3 is 2.61 bits per heavy atom. The number of hydrogen-bond acceptors (Lipinski definition) is 5. The van der Waals surface area contributed by atoms with Gasteiger partial charge in [0.05, 0.1) is 11.4 Å². The summed E-state index contributed by atoms with van der Waals surface area (Å²) >= 11 is 1.44. The molecule has 170 valence electrons. The van der Waals surface area contributed by atoms with E-state index in [1.807, 2.05) is 11.4 Å². The molecule has 2 unspecified atom stereocenters. The summed E-state index contributed by atoms with van der Waals surface area (Å²) in [6, 6.07) is 15.4. The fraction of sp³-hybridized carbons (Fsp3) is 0.333. The van der Waals surface area contributed by atoms with E-state index >= 15 is 0 Å². The smallest absolute Gasteiger partial charge is 0.203 e. The maximum Gasteiger partial charge on any atom is 0.203 e. The number of fused-ring (bicyclic) bond motifs is 2. The second-order valence-electron chi connectivity index (χ2n) is 9.79. The Morgan fingerprint density at radius 2 is 1.91 bits per heavy atom. The zero-order chi connectivity index (χ0) is 23.2. The summed E-state index contributed by atoms with van der Waals surface area (Å²) in [6.07, 6.45) is 4.50. The molecule has 0 aliphatic heterocycles. The first kappa shape index (κ1) is 21.8. The molecule has 6 rings (SSSR count). The molecule has 2 atom stereocenters. The molecule has 6 heteroatoms. The fourth-order valence-electron chi connectivity index (χ4n) is 5.00. The minimum Gasteiger partial charge on any atom is -0.378 e. The Bertz CT molecular complexity index is 1220. The predicted octanol–water partition coefficient (Wildman–Crippen LogP) is 6.93. The Hall–Kier alpha value is -2.99. The van der Waals surface area contributed by atoms with Crippen LogP contribution in [0.15, 0.2) is 64.6 Å². The first-order chi connectivity index (χ1) is 15.8. The van der Waals surface area contributed by atoms with E-state index in [4.69, 9.17) is 5.10 Å². The molecule has 4 nitrogen and oxygen atoms in total. The SMILES string of the molecule is CN(C)c1ccc(C=C2CC3CC(C2=NNc2nc(-c4ccccc4F)cs2)C3(C)C)cc1. The fourth-order valence-corrected chi connectivity index (χ4v) is 5.65. The van der Waals surface area contributed by atoms with Gasteiger partial charge in [-0.25, -0.2) is 9.37 Å². The van der Waals surface area contributed by atoms with E-state index in [0.29, 0.717) is 28.2 Å². The van der Waals surface area contributed by atoms with Crippen LogP contribution in [0, 0.1) is 23.1 Å². The van der Waals surface area contributed by atoms with Crippen molar-refractivity contribution in [2.45, 2.75) is 26.7 Å². The highest BCUT2D eigenvalue weighted by molar-refractivity contribution is 7.14. The van der Waals surface area contributed by atoms with E-state index in [1.165, 1.54) is 40.6 Å². The first-order valence-corrected chi connectivity index (χ1v) is 12.2. The van der Waals surface area contributed by atoms with Gasteiger partial charge >= 0.3 is 0 Å². The standard InChI is InChI=1S/C27H29FN4S/c1-27(2)19-14-18(13-17-9-11-20(12-10-17)32(3)4)25(22(27)15-19)30-31-26-29-24(16-33-26)21-7-5-6-8-23(21)28/h5-13,16,19,22H,14-15H2,1-4H3,(H,29,31). The minimum atomic E-state index is -0.263. The number of allylic oxidation sites excluding steroid dienone is 1. The van der Waals surface area contributed by atoms with E-state index in [2.05, 4.69) is 73.6 Å². The van der Waals surface area contributed by atoms with Gasteiger partial charge in [0.25, 0.3) is 0 Å². The third-order valence-corrected chi connectivity index (χ3v) is 8.02. The van der Waals surface area contributed by atoms with Crippen LogP contribution in [0.4, 0.5) is 15.2 Å². The Morgan fingerprint density at radius 1 is 1.15 bits per heavy atom. The van der Waals surface area contributed by atoms with Gasteiger partial charge in [-0.2, -0.15) is 5.10 Å². The number of hydrazone groups is 1. The van der Waals surface area contributed by atoms with E-state index in [9.17, 15) is 4.39 Å². The summed E-state index contributed by atoms with van der Waals surface area (Å²) in [6.45, 7) is 4.70. The number of thiazole rings is 1. The molecule has 3 saturated carbocycles. The molecule has 3 aliphatic carbocycles. The second kappa shape index (κ2) is 8.41. The topological polar surface area (TPSA) is 40.5 Å². The van der Waals surface area contributed by atoms with Crippen molar-refractivity contribution in [2.24, 2.45) is 22.4 Å². The van der Waals surface area contributed by atoms with Crippen LogP contribution in [0.1, 0.15) is 32.3 Å². The predicted molar refractivity (Wildman–Crippen MR) is 137 cm³/mol. The number of aromatic nitrogens is 1. The molecule has 0 radical (unpaired) electrons. The van der Waals surface area contributed by atoms with Gasteiger partial charge in [0, 0.05) is 36.6 Å². The Kier molecular flexibility index (Phi) is 5.57. The largest absolute Gasteiger partial charge is 0.378 e. The summed E-state index contributed by atoms with van der Waals surface area (Å²) < 4.78 is 14.1. The van der Waals surface area contributed by atoms with Crippen LogP contribution in [-0.4, -0.2) is 24.8 Å². The summed E-state index contributed by atoms with van der Waals surface area (Å²) in [5, 5.41) is 7.41. The number of halogens is 1. The highest BCUT2D eigenvalue weighted by Gasteiger charge is 2.54. The second-order valence-corrected chi connectivity index (χ2v) is 10.7. The molecule has 1 N–H and O–H groups in total. The maximum atomic E-state index is 14.1. The van der Waals surface area contributed by atoms with Gasteiger partial charge in [0.1, 0.15) is 5.82 Å². The molecule has 0 saturated heterocycles. The maximum absolute atomic E-state index is 14.1. The lowest BCUT2D eigenvalue weighted by molar-refractivity contribution is 0.0143. The lowest BCUT2D eigenvalue weighted by Gasteiger charge is -2.57. The minimum absolute atomic E-state index is 0.258. The molecular formula is C27H29FN4S. The van der Waals surface area contributed by atoms with Crippen molar-refractivity contribution in [2.75, 3.05) is 24.4 Å². The van der Waals surface area contributed by atoms with Gasteiger partial charge in [-0.3, -0.25) is 5.43 Å². The number of benzene rings is 2.